The van der Waals surface area contributed by atoms with Crippen LogP contribution in [-0.2, 0) is 10.0 Å². The summed E-state index contributed by atoms with van der Waals surface area (Å²) in [5, 5.41) is 0.680. The summed E-state index contributed by atoms with van der Waals surface area (Å²) in [5.74, 6) is 0. The SMILES string of the molecule is CNS(=O)(=O)c1ccc2oc3ccccc3c(=O)c2c1. The van der Waals surface area contributed by atoms with Crippen LogP contribution in [0, 0.1) is 0 Å². The lowest BCUT2D eigenvalue weighted by Crippen LogP contribution is -2.18. The lowest BCUT2D eigenvalue weighted by molar-refractivity contribution is 0.588. The molecule has 0 amide bonds. The molecule has 2 aromatic carbocycles. The molecule has 102 valence electrons. The zero-order valence-electron chi connectivity index (χ0n) is 10.6. The maximum absolute atomic E-state index is 12.4. The largest absolute Gasteiger partial charge is 0.456 e. The maximum atomic E-state index is 12.4. The van der Waals surface area contributed by atoms with Crippen molar-refractivity contribution < 1.29 is 12.8 Å². The minimum absolute atomic E-state index is 0.0371. The van der Waals surface area contributed by atoms with Crippen molar-refractivity contribution in [3.8, 4) is 0 Å². The Hall–Kier alpha value is -2.18. The van der Waals surface area contributed by atoms with E-state index in [1.54, 1.807) is 24.3 Å². The van der Waals surface area contributed by atoms with Gasteiger partial charge in [0.1, 0.15) is 11.2 Å². The van der Waals surface area contributed by atoms with E-state index in [-0.39, 0.29) is 15.7 Å². The summed E-state index contributed by atoms with van der Waals surface area (Å²) in [5.41, 5.74) is 0.605. The van der Waals surface area contributed by atoms with Gasteiger partial charge in [-0.3, -0.25) is 4.79 Å². The van der Waals surface area contributed by atoms with Gasteiger partial charge in [-0.05, 0) is 37.4 Å². The summed E-state index contributed by atoms with van der Waals surface area (Å²) in [7, 11) is -2.27. The van der Waals surface area contributed by atoms with Gasteiger partial charge in [0.2, 0.25) is 15.5 Å². The molecular formula is C14H11NO4S. The molecule has 0 fully saturated rings. The fraction of sp³-hybridized carbons (Fsp3) is 0.0714. The van der Waals surface area contributed by atoms with Gasteiger partial charge in [-0.15, -0.1) is 0 Å². The Kier molecular flexibility index (Phi) is 2.84. The zero-order chi connectivity index (χ0) is 14.3. The van der Waals surface area contributed by atoms with Crippen LogP contribution in [-0.4, -0.2) is 15.5 Å². The van der Waals surface area contributed by atoms with Gasteiger partial charge in [-0.1, -0.05) is 12.1 Å². The number of hydrogen-bond donors (Lipinski definition) is 1. The van der Waals surface area contributed by atoms with Crippen LogP contribution in [0.1, 0.15) is 0 Å². The number of benzene rings is 2. The van der Waals surface area contributed by atoms with E-state index in [0.717, 1.165) is 0 Å². The van der Waals surface area contributed by atoms with Crippen molar-refractivity contribution in [3.63, 3.8) is 0 Å². The number of fused-ring (bicyclic) bond motifs is 2. The normalized spacial score (nSPS) is 12.1. The lowest BCUT2D eigenvalue weighted by Gasteiger charge is -2.05. The van der Waals surface area contributed by atoms with E-state index in [1.165, 1.54) is 25.2 Å². The van der Waals surface area contributed by atoms with Crippen LogP contribution in [0.3, 0.4) is 0 Å². The molecule has 0 aliphatic carbocycles. The Balaban J connectivity index is 2.43. The summed E-state index contributed by atoms with van der Waals surface area (Å²) in [6.07, 6.45) is 0. The quantitative estimate of drug-likeness (QED) is 0.730. The Morgan fingerprint density at radius 2 is 1.70 bits per heavy atom. The molecule has 0 spiro atoms. The smallest absolute Gasteiger partial charge is 0.240 e. The van der Waals surface area contributed by atoms with Gasteiger partial charge in [0.05, 0.1) is 15.7 Å². The van der Waals surface area contributed by atoms with Gasteiger partial charge in [-0.25, -0.2) is 13.1 Å². The summed E-state index contributed by atoms with van der Waals surface area (Å²) >= 11 is 0. The van der Waals surface area contributed by atoms with Gasteiger partial charge in [0.25, 0.3) is 0 Å². The predicted octanol–water partition coefficient (Wildman–Crippen LogP) is 1.85. The molecule has 3 aromatic rings. The first-order valence-electron chi connectivity index (χ1n) is 5.92. The maximum Gasteiger partial charge on any atom is 0.240 e. The average Bonchev–Trinajstić information content (AvgIpc) is 2.47. The van der Waals surface area contributed by atoms with E-state index in [4.69, 9.17) is 4.42 Å². The van der Waals surface area contributed by atoms with Crippen LogP contribution in [0.2, 0.25) is 0 Å². The fourth-order valence-electron chi connectivity index (χ4n) is 2.07. The Bertz CT molecular complexity index is 973. The van der Waals surface area contributed by atoms with Crippen LogP contribution in [0.5, 0.6) is 0 Å². The topological polar surface area (TPSA) is 76.4 Å². The molecule has 0 unspecified atom stereocenters. The van der Waals surface area contributed by atoms with Crippen molar-refractivity contribution in [2.24, 2.45) is 0 Å². The first-order chi connectivity index (χ1) is 9.53. The Morgan fingerprint density at radius 3 is 2.45 bits per heavy atom. The summed E-state index contributed by atoms with van der Waals surface area (Å²) in [6.45, 7) is 0. The van der Waals surface area contributed by atoms with Crippen LogP contribution >= 0.6 is 0 Å². The third kappa shape index (κ3) is 1.90. The van der Waals surface area contributed by atoms with Crippen molar-refractivity contribution in [2.75, 3.05) is 7.05 Å². The predicted molar refractivity (Wildman–Crippen MR) is 76.2 cm³/mol. The summed E-state index contributed by atoms with van der Waals surface area (Å²) in [6, 6.07) is 11.1. The van der Waals surface area contributed by atoms with E-state index in [9.17, 15) is 13.2 Å². The molecule has 1 heterocycles. The number of para-hydroxylation sites is 1. The molecule has 6 heteroatoms. The monoisotopic (exact) mass is 289 g/mol. The van der Waals surface area contributed by atoms with Gasteiger partial charge in [0, 0.05) is 0 Å². The second-order valence-corrected chi connectivity index (χ2v) is 6.18. The molecule has 0 aliphatic heterocycles. The molecule has 1 aromatic heterocycles. The highest BCUT2D eigenvalue weighted by Crippen LogP contribution is 2.21. The Labute approximate surface area is 114 Å². The molecule has 0 saturated heterocycles. The molecule has 0 atom stereocenters. The highest BCUT2D eigenvalue weighted by Gasteiger charge is 2.14. The average molecular weight is 289 g/mol. The molecule has 1 N–H and O–H groups in total. The first-order valence-corrected chi connectivity index (χ1v) is 7.40. The minimum atomic E-state index is -3.59. The van der Waals surface area contributed by atoms with E-state index in [1.807, 2.05) is 0 Å². The number of sulfonamides is 1. The molecule has 20 heavy (non-hydrogen) atoms. The standard InChI is InChI=1S/C14H11NO4S/c1-15-20(17,18)9-6-7-13-11(8-9)14(16)10-4-2-3-5-12(10)19-13/h2-8,15H,1H3. The molecule has 3 rings (SSSR count). The van der Waals surface area contributed by atoms with Gasteiger partial charge in [-0.2, -0.15) is 0 Å². The van der Waals surface area contributed by atoms with Crippen molar-refractivity contribution in [1.29, 1.82) is 0 Å². The fourth-order valence-corrected chi connectivity index (χ4v) is 2.82. The van der Waals surface area contributed by atoms with E-state index < -0.39 is 10.0 Å². The third-order valence-corrected chi connectivity index (χ3v) is 4.54. The van der Waals surface area contributed by atoms with E-state index >= 15 is 0 Å². The first kappa shape index (κ1) is 12.8. The highest BCUT2D eigenvalue weighted by atomic mass is 32.2. The van der Waals surface area contributed by atoms with Crippen molar-refractivity contribution in [1.82, 2.24) is 4.72 Å². The van der Waals surface area contributed by atoms with Gasteiger partial charge in [0.15, 0.2) is 0 Å². The summed E-state index contributed by atoms with van der Waals surface area (Å²) < 4.78 is 31.4. The van der Waals surface area contributed by atoms with Crippen LogP contribution in [0.4, 0.5) is 0 Å². The number of nitrogens with one attached hydrogen (secondary N) is 1. The minimum Gasteiger partial charge on any atom is -0.456 e. The lowest BCUT2D eigenvalue weighted by atomic mass is 10.1. The van der Waals surface area contributed by atoms with Crippen molar-refractivity contribution >= 4 is 32.0 Å². The molecule has 0 saturated carbocycles. The van der Waals surface area contributed by atoms with E-state index in [2.05, 4.69) is 4.72 Å². The van der Waals surface area contributed by atoms with Crippen molar-refractivity contribution in [3.05, 3.63) is 52.7 Å². The van der Waals surface area contributed by atoms with E-state index in [0.29, 0.717) is 16.6 Å². The molecule has 0 aliphatic rings. The van der Waals surface area contributed by atoms with Crippen LogP contribution in [0.15, 0.2) is 56.6 Å². The molecule has 0 radical (unpaired) electrons. The number of rotatable bonds is 2. The number of hydrogen-bond acceptors (Lipinski definition) is 4. The summed E-state index contributed by atoms with van der Waals surface area (Å²) in [4.78, 5) is 12.4. The second-order valence-electron chi connectivity index (χ2n) is 4.29. The van der Waals surface area contributed by atoms with Crippen LogP contribution < -0.4 is 10.2 Å². The molecule has 0 bridgehead atoms. The zero-order valence-corrected chi connectivity index (χ0v) is 11.4. The van der Waals surface area contributed by atoms with Crippen molar-refractivity contribution in [2.45, 2.75) is 4.90 Å². The van der Waals surface area contributed by atoms with Gasteiger partial charge >= 0.3 is 0 Å². The molecular weight excluding hydrogens is 278 g/mol. The molecule has 5 nitrogen and oxygen atoms in total. The second kappa shape index (κ2) is 4.43. The third-order valence-electron chi connectivity index (χ3n) is 3.13. The van der Waals surface area contributed by atoms with Gasteiger partial charge < -0.3 is 4.42 Å². The Morgan fingerprint density at radius 1 is 1.00 bits per heavy atom. The highest BCUT2D eigenvalue weighted by molar-refractivity contribution is 7.89. The van der Waals surface area contributed by atoms with Crippen LogP contribution in [0.25, 0.3) is 21.9 Å².